The van der Waals surface area contributed by atoms with Crippen molar-refractivity contribution >= 4 is 11.6 Å². The Labute approximate surface area is 130 Å². The van der Waals surface area contributed by atoms with Crippen LogP contribution in [0.2, 0.25) is 0 Å². The van der Waals surface area contributed by atoms with Gasteiger partial charge in [0.1, 0.15) is 0 Å². The van der Waals surface area contributed by atoms with Gasteiger partial charge in [0.15, 0.2) is 0 Å². The van der Waals surface area contributed by atoms with Crippen molar-refractivity contribution in [3.05, 3.63) is 64.5 Å². The molecule has 0 saturated heterocycles. The summed E-state index contributed by atoms with van der Waals surface area (Å²) in [6.45, 7) is 4.24. The van der Waals surface area contributed by atoms with Crippen LogP contribution in [0.1, 0.15) is 45.5 Å². The van der Waals surface area contributed by atoms with Gasteiger partial charge < -0.3 is 0 Å². The van der Waals surface area contributed by atoms with E-state index in [1.807, 2.05) is 0 Å². The molecule has 22 heavy (non-hydrogen) atoms. The molecule has 1 aromatic carbocycles. The molecule has 1 heterocycles. The van der Waals surface area contributed by atoms with Gasteiger partial charge in [-0.15, -0.1) is 0 Å². The van der Waals surface area contributed by atoms with Crippen molar-refractivity contribution in [3.8, 4) is 0 Å². The first-order valence-corrected chi connectivity index (χ1v) is 7.52. The van der Waals surface area contributed by atoms with Gasteiger partial charge in [-0.2, -0.15) is 5.10 Å². The van der Waals surface area contributed by atoms with E-state index in [0.717, 1.165) is 25.0 Å². The molecule has 0 spiro atoms. The minimum Gasteiger partial charge on any atom is -0.267 e. The Morgan fingerprint density at radius 1 is 1.14 bits per heavy atom. The van der Waals surface area contributed by atoms with E-state index < -0.39 is 0 Å². The number of amides is 1. The molecule has 3 rings (SSSR count). The summed E-state index contributed by atoms with van der Waals surface area (Å²) < 4.78 is 0. The van der Waals surface area contributed by atoms with E-state index in [-0.39, 0.29) is 5.91 Å². The number of aryl methyl sites for hydroxylation is 3. The second kappa shape index (κ2) is 6.10. The summed E-state index contributed by atoms with van der Waals surface area (Å²) in [5, 5.41) is 4.37. The topological polar surface area (TPSA) is 54.4 Å². The number of hydrogen-bond donors (Lipinski definition) is 1. The van der Waals surface area contributed by atoms with Crippen molar-refractivity contribution in [2.24, 2.45) is 5.10 Å². The number of hydrazone groups is 1. The maximum atomic E-state index is 12.1. The fourth-order valence-electron chi connectivity index (χ4n) is 2.73. The van der Waals surface area contributed by atoms with E-state index in [1.165, 1.54) is 22.3 Å². The van der Waals surface area contributed by atoms with E-state index in [2.05, 4.69) is 41.5 Å². The van der Waals surface area contributed by atoms with Gasteiger partial charge in [0, 0.05) is 23.5 Å². The Morgan fingerprint density at radius 2 is 1.86 bits per heavy atom. The number of benzene rings is 1. The molecule has 0 radical (unpaired) electrons. The monoisotopic (exact) mass is 293 g/mol. The quantitative estimate of drug-likeness (QED) is 0.865. The summed E-state index contributed by atoms with van der Waals surface area (Å²) in [4.78, 5) is 16.0. The maximum Gasteiger partial charge on any atom is 0.271 e. The maximum absolute atomic E-state index is 12.1. The number of fused-ring (bicyclic) bond motifs is 1. The zero-order valence-corrected chi connectivity index (χ0v) is 12.9. The highest BCUT2D eigenvalue weighted by atomic mass is 16.2. The van der Waals surface area contributed by atoms with Gasteiger partial charge >= 0.3 is 0 Å². The van der Waals surface area contributed by atoms with Crippen LogP contribution < -0.4 is 5.43 Å². The average Bonchev–Trinajstić information content (AvgIpc) is 2.54. The van der Waals surface area contributed by atoms with E-state index in [1.54, 1.807) is 24.5 Å². The lowest BCUT2D eigenvalue weighted by atomic mass is 9.87. The standard InChI is InChI=1S/C18H19N3O/c1-12-10-15-4-3-5-17(16(15)11-13(12)2)20-21-18(22)14-6-8-19-9-7-14/h6-11H,3-5H2,1-2H3,(H,21,22). The SMILES string of the molecule is Cc1cc2c(cc1C)C(=NNC(=O)c1ccncc1)CCC2. The lowest BCUT2D eigenvalue weighted by Crippen LogP contribution is -2.22. The molecule has 4 nitrogen and oxygen atoms in total. The predicted octanol–water partition coefficient (Wildman–Crippen LogP) is 3.17. The summed E-state index contributed by atoms with van der Waals surface area (Å²) >= 11 is 0. The van der Waals surface area contributed by atoms with Crippen LogP contribution in [-0.4, -0.2) is 16.6 Å². The summed E-state index contributed by atoms with van der Waals surface area (Å²) in [7, 11) is 0. The number of rotatable bonds is 2. The third kappa shape index (κ3) is 2.91. The largest absolute Gasteiger partial charge is 0.271 e. The molecular weight excluding hydrogens is 274 g/mol. The molecule has 1 amide bonds. The molecule has 0 atom stereocenters. The van der Waals surface area contributed by atoms with E-state index >= 15 is 0 Å². The Bertz CT molecular complexity index is 735. The van der Waals surface area contributed by atoms with Crippen LogP contribution in [-0.2, 0) is 6.42 Å². The van der Waals surface area contributed by atoms with Gasteiger partial charge in [-0.25, -0.2) is 5.43 Å². The summed E-state index contributed by atoms with van der Waals surface area (Å²) in [6, 6.07) is 7.78. The van der Waals surface area contributed by atoms with Crippen LogP contribution >= 0.6 is 0 Å². The highest BCUT2D eigenvalue weighted by Gasteiger charge is 2.17. The normalized spacial score (nSPS) is 15.5. The molecule has 1 aliphatic rings. The number of carbonyl (C=O) groups excluding carboxylic acids is 1. The summed E-state index contributed by atoms with van der Waals surface area (Å²) in [5.74, 6) is -0.203. The predicted molar refractivity (Wildman–Crippen MR) is 87.1 cm³/mol. The van der Waals surface area contributed by atoms with E-state index in [9.17, 15) is 4.79 Å². The van der Waals surface area contributed by atoms with Crippen molar-refractivity contribution in [1.29, 1.82) is 0 Å². The minimum atomic E-state index is -0.203. The lowest BCUT2D eigenvalue weighted by Gasteiger charge is -2.19. The minimum absolute atomic E-state index is 0.203. The number of carbonyl (C=O) groups is 1. The van der Waals surface area contributed by atoms with Crippen LogP contribution in [0.25, 0.3) is 0 Å². The van der Waals surface area contributed by atoms with Crippen LogP contribution in [0.5, 0.6) is 0 Å². The van der Waals surface area contributed by atoms with Gasteiger partial charge in [0.25, 0.3) is 5.91 Å². The molecule has 1 N–H and O–H groups in total. The number of nitrogens with zero attached hydrogens (tertiary/aromatic N) is 2. The van der Waals surface area contributed by atoms with Crippen molar-refractivity contribution in [2.75, 3.05) is 0 Å². The third-order valence-corrected chi connectivity index (χ3v) is 4.13. The molecule has 1 aromatic heterocycles. The van der Waals surface area contributed by atoms with Gasteiger partial charge in [0.05, 0.1) is 5.71 Å². The highest BCUT2D eigenvalue weighted by Crippen LogP contribution is 2.24. The molecule has 0 unspecified atom stereocenters. The highest BCUT2D eigenvalue weighted by molar-refractivity contribution is 6.04. The van der Waals surface area contributed by atoms with Gasteiger partial charge in [0.2, 0.25) is 0 Å². The number of nitrogens with one attached hydrogen (secondary N) is 1. The molecular formula is C18H19N3O. The van der Waals surface area contributed by atoms with Crippen LogP contribution in [0.4, 0.5) is 0 Å². The molecule has 0 aliphatic heterocycles. The fourth-order valence-corrected chi connectivity index (χ4v) is 2.73. The van der Waals surface area contributed by atoms with Crippen molar-refractivity contribution in [2.45, 2.75) is 33.1 Å². The third-order valence-electron chi connectivity index (χ3n) is 4.13. The summed E-state index contributed by atoms with van der Waals surface area (Å²) in [6.07, 6.45) is 6.24. The fraction of sp³-hybridized carbons (Fsp3) is 0.278. The van der Waals surface area contributed by atoms with Crippen LogP contribution in [0, 0.1) is 13.8 Å². The Morgan fingerprint density at radius 3 is 2.64 bits per heavy atom. The molecule has 0 bridgehead atoms. The second-order valence-corrected chi connectivity index (χ2v) is 5.68. The molecule has 112 valence electrons. The summed E-state index contributed by atoms with van der Waals surface area (Å²) in [5.41, 5.74) is 9.26. The average molecular weight is 293 g/mol. The van der Waals surface area contributed by atoms with Crippen LogP contribution in [0.3, 0.4) is 0 Å². The smallest absolute Gasteiger partial charge is 0.267 e. The van der Waals surface area contributed by atoms with Crippen molar-refractivity contribution in [1.82, 2.24) is 10.4 Å². The van der Waals surface area contributed by atoms with Gasteiger partial charge in [-0.05, 0) is 68.0 Å². The first kappa shape index (κ1) is 14.4. The van der Waals surface area contributed by atoms with Crippen molar-refractivity contribution in [3.63, 3.8) is 0 Å². The Balaban J connectivity index is 1.85. The van der Waals surface area contributed by atoms with Crippen LogP contribution in [0.15, 0.2) is 41.8 Å². The number of aromatic nitrogens is 1. The second-order valence-electron chi connectivity index (χ2n) is 5.68. The molecule has 0 fully saturated rings. The molecule has 4 heteroatoms. The Hall–Kier alpha value is -2.49. The first-order chi connectivity index (χ1) is 10.6. The van der Waals surface area contributed by atoms with Crippen molar-refractivity contribution < 1.29 is 4.79 Å². The number of pyridine rings is 1. The number of hydrogen-bond acceptors (Lipinski definition) is 3. The molecule has 2 aromatic rings. The zero-order valence-electron chi connectivity index (χ0n) is 12.9. The first-order valence-electron chi connectivity index (χ1n) is 7.52. The van der Waals surface area contributed by atoms with Gasteiger partial charge in [-0.1, -0.05) is 6.07 Å². The Kier molecular flexibility index (Phi) is 4.00. The lowest BCUT2D eigenvalue weighted by molar-refractivity contribution is 0.0954. The van der Waals surface area contributed by atoms with E-state index in [0.29, 0.717) is 5.56 Å². The molecule has 1 aliphatic carbocycles. The zero-order chi connectivity index (χ0) is 15.5. The van der Waals surface area contributed by atoms with Gasteiger partial charge in [-0.3, -0.25) is 9.78 Å². The molecule has 0 saturated carbocycles. The van der Waals surface area contributed by atoms with E-state index in [4.69, 9.17) is 0 Å².